The lowest BCUT2D eigenvalue weighted by molar-refractivity contribution is 0.0209. The van der Waals surface area contributed by atoms with E-state index in [-0.39, 0.29) is 23.9 Å². The number of hydrogen-bond donors (Lipinski definition) is 2. The lowest BCUT2D eigenvalue weighted by Gasteiger charge is -2.32. The minimum absolute atomic E-state index is 0.167. The number of nitrogens with one attached hydrogen (secondary N) is 2. The first-order chi connectivity index (χ1) is 10.6. The maximum atomic E-state index is 12.9. The zero-order chi connectivity index (χ0) is 15.9. The van der Waals surface area contributed by atoms with Crippen molar-refractivity contribution in [1.82, 2.24) is 15.5 Å². The Labute approximate surface area is 130 Å². The van der Waals surface area contributed by atoms with Crippen molar-refractivity contribution in [3.05, 3.63) is 35.6 Å². The molecule has 122 valence electrons. The molecule has 5 nitrogen and oxygen atoms in total. The van der Waals surface area contributed by atoms with Crippen LogP contribution < -0.4 is 10.6 Å². The number of halogens is 1. The normalized spacial score (nSPS) is 18.5. The Morgan fingerprint density at radius 3 is 2.55 bits per heavy atom. The minimum atomic E-state index is -0.278. The summed E-state index contributed by atoms with van der Waals surface area (Å²) in [6, 6.07) is 6.04. The summed E-state index contributed by atoms with van der Waals surface area (Å²) in [5.41, 5.74) is 0.873. The van der Waals surface area contributed by atoms with Gasteiger partial charge in [0.15, 0.2) is 0 Å². The molecule has 0 spiro atoms. The molecule has 0 saturated carbocycles. The van der Waals surface area contributed by atoms with Gasteiger partial charge in [0, 0.05) is 25.7 Å². The van der Waals surface area contributed by atoms with Gasteiger partial charge in [0.2, 0.25) is 0 Å². The summed E-state index contributed by atoms with van der Waals surface area (Å²) in [6.45, 7) is 7.85. The van der Waals surface area contributed by atoms with Gasteiger partial charge in [-0.2, -0.15) is 0 Å². The highest BCUT2D eigenvalue weighted by molar-refractivity contribution is 5.74. The fraction of sp³-hybridized carbons (Fsp3) is 0.562. The van der Waals surface area contributed by atoms with Crippen molar-refractivity contribution < 1.29 is 13.9 Å². The Morgan fingerprint density at radius 2 is 1.91 bits per heavy atom. The quantitative estimate of drug-likeness (QED) is 0.873. The number of carbonyl (C=O) groups is 1. The molecule has 0 aliphatic carbocycles. The zero-order valence-electron chi connectivity index (χ0n) is 13.1. The van der Waals surface area contributed by atoms with Crippen molar-refractivity contribution >= 4 is 6.03 Å². The Balaban J connectivity index is 1.73. The lowest BCUT2D eigenvalue weighted by Crippen LogP contribution is -2.49. The maximum Gasteiger partial charge on any atom is 0.315 e. The summed E-state index contributed by atoms with van der Waals surface area (Å²) in [7, 11) is 0. The molecule has 0 bridgehead atoms. The van der Waals surface area contributed by atoms with Crippen molar-refractivity contribution in [3.8, 4) is 0 Å². The molecule has 1 aliphatic heterocycles. The molecule has 1 saturated heterocycles. The predicted molar refractivity (Wildman–Crippen MR) is 83.2 cm³/mol. The third-order valence-electron chi connectivity index (χ3n) is 3.94. The highest BCUT2D eigenvalue weighted by atomic mass is 19.1. The molecule has 2 rings (SSSR count). The molecule has 2 atom stereocenters. The first kappa shape index (κ1) is 16.7. The van der Waals surface area contributed by atoms with Gasteiger partial charge in [-0.25, -0.2) is 9.18 Å². The van der Waals surface area contributed by atoms with Crippen LogP contribution in [0.25, 0.3) is 0 Å². The van der Waals surface area contributed by atoms with Crippen molar-refractivity contribution in [2.45, 2.75) is 25.9 Å². The number of carbonyl (C=O) groups excluding carboxylic acids is 1. The molecule has 0 radical (unpaired) electrons. The molecule has 0 unspecified atom stereocenters. The molecule has 1 aliphatic rings. The first-order valence-corrected chi connectivity index (χ1v) is 7.68. The standard InChI is InChI=1S/C16H24FN3O2/c1-12(20-7-9-22-10-8-20)11-18-16(21)19-13(2)14-3-5-15(17)6-4-14/h3-6,12-13H,7-11H2,1-2H3,(H2,18,19,21)/t12-,13+/m0/s1. The monoisotopic (exact) mass is 309 g/mol. The number of hydrogen-bond acceptors (Lipinski definition) is 3. The van der Waals surface area contributed by atoms with E-state index in [9.17, 15) is 9.18 Å². The summed E-state index contributed by atoms with van der Waals surface area (Å²) < 4.78 is 18.2. The van der Waals surface area contributed by atoms with Gasteiger partial charge < -0.3 is 15.4 Å². The number of rotatable bonds is 5. The summed E-state index contributed by atoms with van der Waals surface area (Å²) in [5, 5.41) is 5.74. The summed E-state index contributed by atoms with van der Waals surface area (Å²) in [6.07, 6.45) is 0. The fourth-order valence-electron chi connectivity index (χ4n) is 2.47. The van der Waals surface area contributed by atoms with Crippen LogP contribution in [0.3, 0.4) is 0 Å². The third-order valence-corrected chi connectivity index (χ3v) is 3.94. The van der Waals surface area contributed by atoms with E-state index in [1.54, 1.807) is 12.1 Å². The van der Waals surface area contributed by atoms with Crippen LogP contribution in [0.1, 0.15) is 25.5 Å². The average molecular weight is 309 g/mol. The van der Waals surface area contributed by atoms with E-state index in [0.717, 1.165) is 31.9 Å². The van der Waals surface area contributed by atoms with Crippen LogP contribution in [-0.2, 0) is 4.74 Å². The number of benzene rings is 1. The minimum Gasteiger partial charge on any atom is -0.379 e. The van der Waals surface area contributed by atoms with E-state index in [0.29, 0.717) is 6.54 Å². The largest absolute Gasteiger partial charge is 0.379 e. The summed E-state index contributed by atoms with van der Waals surface area (Å²) >= 11 is 0. The van der Waals surface area contributed by atoms with E-state index in [1.807, 2.05) is 6.92 Å². The van der Waals surface area contributed by atoms with E-state index >= 15 is 0 Å². The number of amides is 2. The highest BCUT2D eigenvalue weighted by Crippen LogP contribution is 2.12. The van der Waals surface area contributed by atoms with Crippen molar-refractivity contribution in [3.63, 3.8) is 0 Å². The number of nitrogens with zero attached hydrogens (tertiary/aromatic N) is 1. The maximum absolute atomic E-state index is 12.9. The van der Waals surface area contributed by atoms with Crippen molar-refractivity contribution in [2.24, 2.45) is 0 Å². The second-order valence-electron chi connectivity index (χ2n) is 5.62. The molecule has 1 aromatic carbocycles. The van der Waals surface area contributed by atoms with E-state index in [4.69, 9.17) is 4.74 Å². The summed E-state index contributed by atoms with van der Waals surface area (Å²) in [5.74, 6) is -0.278. The number of ether oxygens (including phenoxy) is 1. The molecule has 1 heterocycles. The van der Waals surface area contributed by atoms with Crippen molar-refractivity contribution in [1.29, 1.82) is 0 Å². The molecule has 2 amide bonds. The van der Waals surface area contributed by atoms with Gasteiger partial charge in [-0.05, 0) is 31.5 Å². The molecule has 0 aromatic heterocycles. The molecular weight excluding hydrogens is 285 g/mol. The van der Waals surface area contributed by atoms with Crippen molar-refractivity contribution in [2.75, 3.05) is 32.8 Å². The predicted octanol–water partition coefficient (Wildman–Crippen LogP) is 1.91. The second kappa shape index (κ2) is 8.10. The topological polar surface area (TPSA) is 53.6 Å². The SMILES string of the molecule is C[C@@H](NC(=O)NC[C@H](C)N1CCOCC1)c1ccc(F)cc1. The van der Waals surface area contributed by atoms with Crippen LogP contribution in [-0.4, -0.2) is 49.8 Å². The van der Waals surface area contributed by atoms with E-state index in [2.05, 4.69) is 22.5 Å². The molecule has 22 heavy (non-hydrogen) atoms. The fourth-order valence-corrected chi connectivity index (χ4v) is 2.47. The van der Waals surface area contributed by atoms with E-state index < -0.39 is 0 Å². The van der Waals surface area contributed by atoms with Crippen LogP contribution >= 0.6 is 0 Å². The molecule has 2 N–H and O–H groups in total. The Bertz CT molecular complexity index is 475. The van der Waals surface area contributed by atoms with Crippen LogP contribution in [0.5, 0.6) is 0 Å². The van der Waals surface area contributed by atoms with E-state index in [1.165, 1.54) is 12.1 Å². The van der Waals surface area contributed by atoms with Crippen LogP contribution in [0.4, 0.5) is 9.18 Å². The number of urea groups is 1. The third kappa shape index (κ3) is 4.96. The zero-order valence-corrected chi connectivity index (χ0v) is 13.1. The molecular formula is C16H24FN3O2. The van der Waals surface area contributed by atoms with Gasteiger partial charge >= 0.3 is 6.03 Å². The summed E-state index contributed by atoms with van der Waals surface area (Å²) in [4.78, 5) is 14.2. The smallest absolute Gasteiger partial charge is 0.315 e. The van der Waals surface area contributed by atoms with Crippen LogP contribution in [0.2, 0.25) is 0 Å². The second-order valence-corrected chi connectivity index (χ2v) is 5.62. The van der Waals surface area contributed by atoms with Gasteiger partial charge in [0.1, 0.15) is 5.82 Å². The van der Waals surface area contributed by atoms with Gasteiger partial charge in [-0.3, -0.25) is 4.90 Å². The Hall–Kier alpha value is -1.66. The van der Waals surface area contributed by atoms with Gasteiger partial charge in [-0.1, -0.05) is 12.1 Å². The molecule has 6 heteroatoms. The number of morpholine rings is 1. The van der Waals surface area contributed by atoms with Gasteiger partial charge in [-0.15, -0.1) is 0 Å². The Kier molecular flexibility index (Phi) is 6.15. The van der Waals surface area contributed by atoms with Gasteiger partial charge in [0.05, 0.1) is 19.3 Å². The lowest BCUT2D eigenvalue weighted by atomic mass is 10.1. The molecule has 1 aromatic rings. The van der Waals surface area contributed by atoms with Crippen LogP contribution in [0, 0.1) is 5.82 Å². The van der Waals surface area contributed by atoms with Crippen LogP contribution in [0.15, 0.2) is 24.3 Å². The Morgan fingerprint density at radius 1 is 1.27 bits per heavy atom. The highest BCUT2D eigenvalue weighted by Gasteiger charge is 2.17. The average Bonchev–Trinajstić information content (AvgIpc) is 2.54. The molecule has 1 fully saturated rings. The van der Waals surface area contributed by atoms with Gasteiger partial charge in [0.25, 0.3) is 0 Å². The first-order valence-electron chi connectivity index (χ1n) is 7.68.